The van der Waals surface area contributed by atoms with Crippen molar-refractivity contribution in [1.82, 2.24) is 0 Å². The monoisotopic (exact) mass is 485 g/mol. The van der Waals surface area contributed by atoms with Gasteiger partial charge in [0.25, 0.3) is 0 Å². The second-order valence-corrected chi connectivity index (χ2v) is 9.43. The molecule has 0 radical (unpaired) electrons. The van der Waals surface area contributed by atoms with Crippen LogP contribution in [0.4, 0.5) is 17.1 Å². The van der Waals surface area contributed by atoms with Crippen molar-refractivity contribution < 1.29 is 0 Å². The highest BCUT2D eigenvalue weighted by Gasteiger charge is 2.21. The van der Waals surface area contributed by atoms with E-state index in [1.807, 2.05) is 0 Å². The minimum absolute atomic E-state index is 0.208. The summed E-state index contributed by atoms with van der Waals surface area (Å²) in [4.78, 5) is 2.29. The Labute approximate surface area is 225 Å². The van der Waals surface area contributed by atoms with Gasteiger partial charge in [-0.3, -0.25) is 0 Å². The van der Waals surface area contributed by atoms with Crippen LogP contribution in [0.1, 0.15) is 0 Å². The van der Waals surface area contributed by atoms with Crippen molar-refractivity contribution in [3.63, 3.8) is 0 Å². The Hall–Kier alpha value is -4.82. The maximum atomic E-state index is 2.29. The molecule has 0 heterocycles. The molecule has 0 aliphatic carbocycles. The minimum atomic E-state index is 0.208. The first-order chi connectivity index (χ1) is 18.9. The summed E-state index contributed by atoms with van der Waals surface area (Å²) in [5.74, 6) is 0. The topological polar surface area (TPSA) is 3.24 Å². The second-order valence-electron chi connectivity index (χ2n) is 9.43. The normalized spacial score (nSPS) is 10.6. The Bertz CT molecular complexity index is 1360. The van der Waals surface area contributed by atoms with Gasteiger partial charge in [0.1, 0.15) is 0 Å². The SMILES string of the molecule is c1ccc(B(c2ccccc2)c2ccc(-c3ccc(N(c4ccccc4)c4ccccc4)cc3)cc2)cc1. The van der Waals surface area contributed by atoms with Crippen LogP contribution < -0.4 is 21.3 Å². The standard InChI is InChI=1S/C36H28BN/c1-5-13-31(14-6-1)37(32-15-7-2-8-16-32)33-25-21-29(22-26-33)30-23-27-36(28-24-30)38(34-17-9-3-10-18-34)35-19-11-4-12-20-35/h1-28H. The van der Waals surface area contributed by atoms with Gasteiger partial charge in [0, 0.05) is 17.1 Å². The summed E-state index contributed by atoms with van der Waals surface area (Å²) in [7, 11) is 0. The Balaban J connectivity index is 1.31. The lowest BCUT2D eigenvalue weighted by Crippen LogP contribution is -2.51. The third-order valence-electron chi connectivity index (χ3n) is 7.00. The van der Waals surface area contributed by atoms with Gasteiger partial charge in [0.15, 0.2) is 0 Å². The first kappa shape index (κ1) is 23.6. The molecule has 0 N–H and O–H groups in total. The molecule has 0 unspecified atom stereocenters. The van der Waals surface area contributed by atoms with Crippen LogP contribution >= 0.6 is 0 Å². The minimum Gasteiger partial charge on any atom is -0.311 e. The van der Waals surface area contributed by atoms with Crippen molar-refractivity contribution in [3.8, 4) is 11.1 Å². The van der Waals surface area contributed by atoms with Crippen LogP contribution in [0, 0.1) is 0 Å². The Morgan fingerprint density at radius 2 is 0.605 bits per heavy atom. The molecule has 0 aliphatic heterocycles. The van der Waals surface area contributed by atoms with E-state index in [2.05, 4.69) is 175 Å². The summed E-state index contributed by atoms with van der Waals surface area (Å²) in [6, 6.07) is 60.4. The first-order valence-corrected chi connectivity index (χ1v) is 13.1. The van der Waals surface area contributed by atoms with E-state index in [9.17, 15) is 0 Å². The molecular formula is C36H28BN. The maximum Gasteiger partial charge on any atom is 0.241 e. The van der Waals surface area contributed by atoms with E-state index < -0.39 is 0 Å². The summed E-state index contributed by atoms with van der Waals surface area (Å²) in [6.07, 6.45) is 0. The van der Waals surface area contributed by atoms with Gasteiger partial charge in [0.05, 0.1) is 0 Å². The Morgan fingerprint density at radius 3 is 1.03 bits per heavy atom. The number of hydrogen-bond donors (Lipinski definition) is 0. The van der Waals surface area contributed by atoms with Gasteiger partial charge in [-0.1, -0.05) is 150 Å². The van der Waals surface area contributed by atoms with Crippen LogP contribution in [0.3, 0.4) is 0 Å². The molecule has 38 heavy (non-hydrogen) atoms. The zero-order chi connectivity index (χ0) is 25.6. The molecule has 0 fully saturated rings. The number of hydrogen-bond acceptors (Lipinski definition) is 1. The third kappa shape index (κ3) is 5.03. The predicted molar refractivity (Wildman–Crippen MR) is 164 cm³/mol. The number of benzene rings is 6. The number of anilines is 3. The average molecular weight is 485 g/mol. The van der Waals surface area contributed by atoms with Gasteiger partial charge in [-0.2, -0.15) is 0 Å². The lowest BCUT2D eigenvalue weighted by molar-refractivity contribution is 1.28. The molecule has 0 aliphatic rings. The van der Waals surface area contributed by atoms with Crippen LogP contribution in [-0.4, -0.2) is 6.71 Å². The molecule has 180 valence electrons. The quantitative estimate of drug-likeness (QED) is 0.214. The van der Waals surface area contributed by atoms with E-state index in [0.29, 0.717) is 0 Å². The molecular weight excluding hydrogens is 457 g/mol. The lowest BCUT2D eigenvalue weighted by Gasteiger charge is -2.25. The first-order valence-electron chi connectivity index (χ1n) is 13.1. The van der Waals surface area contributed by atoms with E-state index in [0.717, 1.165) is 17.1 Å². The smallest absolute Gasteiger partial charge is 0.241 e. The maximum absolute atomic E-state index is 2.29. The molecule has 6 rings (SSSR count). The molecule has 0 bridgehead atoms. The number of para-hydroxylation sites is 2. The molecule has 6 aromatic carbocycles. The summed E-state index contributed by atoms with van der Waals surface area (Å²) in [5.41, 5.74) is 9.74. The van der Waals surface area contributed by atoms with Crippen molar-refractivity contribution >= 4 is 40.2 Å². The third-order valence-corrected chi connectivity index (χ3v) is 7.00. The van der Waals surface area contributed by atoms with Gasteiger partial charge >= 0.3 is 0 Å². The zero-order valence-corrected chi connectivity index (χ0v) is 21.2. The van der Waals surface area contributed by atoms with Gasteiger partial charge in [-0.15, -0.1) is 0 Å². The highest BCUT2D eigenvalue weighted by molar-refractivity contribution is 6.95. The summed E-state index contributed by atoms with van der Waals surface area (Å²) >= 11 is 0. The van der Waals surface area contributed by atoms with E-state index in [-0.39, 0.29) is 6.71 Å². The fraction of sp³-hybridized carbons (Fsp3) is 0. The van der Waals surface area contributed by atoms with Crippen LogP contribution in [0.5, 0.6) is 0 Å². The summed E-state index contributed by atoms with van der Waals surface area (Å²) < 4.78 is 0. The van der Waals surface area contributed by atoms with Gasteiger partial charge in [0.2, 0.25) is 6.71 Å². The fourth-order valence-electron chi connectivity index (χ4n) is 5.14. The van der Waals surface area contributed by atoms with Gasteiger partial charge in [-0.25, -0.2) is 0 Å². The largest absolute Gasteiger partial charge is 0.311 e. The van der Waals surface area contributed by atoms with Gasteiger partial charge in [-0.05, 0) is 47.5 Å². The zero-order valence-electron chi connectivity index (χ0n) is 21.2. The second kappa shape index (κ2) is 11.1. The molecule has 0 aromatic heterocycles. The lowest BCUT2D eigenvalue weighted by atomic mass is 9.37. The molecule has 0 amide bonds. The van der Waals surface area contributed by atoms with Crippen LogP contribution in [0.15, 0.2) is 170 Å². The van der Waals surface area contributed by atoms with Crippen molar-refractivity contribution in [2.75, 3.05) is 4.90 Å². The van der Waals surface area contributed by atoms with E-state index >= 15 is 0 Å². The van der Waals surface area contributed by atoms with Crippen molar-refractivity contribution in [2.24, 2.45) is 0 Å². The number of rotatable bonds is 7. The summed E-state index contributed by atoms with van der Waals surface area (Å²) in [5, 5.41) is 0. The molecule has 2 heteroatoms. The number of nitrogens with zero attached hydrogens (tertiary/aromatic N) is 1. The molecule has 6 aromatic rings. The van der Waals surface area contributed by atoms with Crippen LogP contribution in [-0.2, 0) is 0 Å². The van der Waals surface area contributed by atoms with Crippen LogP contribution in [0.25, 0.3) is 11.1 Å². The highest BCUT2D eigenvalue weighted by atomic mass is 15.1. The predicted octanol–water partition coefficient (Wildman–Crippen LogP) is 7.34. The molecule has 1 nitrogen and oxygen atoms in total. The van der Waals surface area contributed by atoms with E-state index in [1.54, 1.807) is 0 Å². The van der Waals surface area contributed by atoms with Crippen LogP contribution in [0.2, 0.25) is 0 Å². The summed E-state index contributed by atoms with van der Waals surface area (Å²) in [6.45, 7) is 0.208. The average Bonchev–Trinajstić information content (AvgIpc) is 3.00. The van der Waals surface area contributed by atoms with E-state index in [4.69, 9.17) is 0 Å². The Kier molecular flexibility index (Phi) is 6.87. The molecule has 0 spiro atoms. The van der Waals surface area contributed by atoms with Crippen molar-refractivity contribution in [1.29, 1.82) is 0 Å². The van der Waals surface area contributed by atoms with E-state index in [1.165, 1.54) is 27.5 Å². The highest BCUT2D eigenvalue weighted by Crippen LogP contribution is 2.35. The van der Waals surface area contributed by atoms with Gasteiger partial charge < -0.3 is 4.90 Å². The van der Waals surface area contributed by atoms with Crippen molar-refractivity contribution in [2.45, 2.75) is 0 Å². The van der Waals surface area contributed by atoms with Crippen molar-refractivity contribution in [3.05, 3.63) is 170 Å². The Morgan fingerprint density at radius 1 is 0.289 bits per heavy atom. The molecule has 0 atom stereocenters. The molecule has 0 saturated heterocycles. The fourth-order valence-corrected chi connectivity index (χ4v) is 5.14. The molecule has 0 saturated carbocycles.